The first kappa shape index (κ1) is 13.5. The van der Waals surface area contributed by atoms with Crippen molar-refractivity contribution in [1.82, 2.24) is 5.01 Å². The molecule has 2 rings (SSSR count). The van der Waals surface area contributed by atoms with Gasteiger partial charge in [-0.05, 0) is 37.8 Å². The third-order valence-corrected chi connectivity index (χ3v) is 3.12. The van der Waals surface area contributed by atoms with E-state index < -0.39 is 0 Å². The van der Waals surface area contributed by atoms with Crippen molar-refractivity contribution < 1.29 is 4.74 Å². The fourth-order valence-corrected chi connectivity index (χ4v) is 2.00. The summed E-state index contributed by atoms with van der Waals surface area (Å²) in [5, 5.41) is 5.38. The van der Waals surface area contributed by atoms with Crippen LogP contribution in [0.1, 0.15) is 25.3 Å². The van der Waals surface area contributed by atoms with E-state index in [1.807, 2.05) is 19.1 Å². The van der Waals surface area contributed by atoms with E-state index in [-0.39, 0.29) is 0 Å². The number of nitrogen functional groups attached to an aromatic ring is 1. The summed E-state index contributed by atoms with van der Waals surface area (Å²) in [5.74, 6) is 13.3. The van der Waals surface area contributed by atoms with Crippen LogP contribution in [0.4, 0.5) is 5.69 Å². The molecule has 0 amide bonds. The highest BCUT2D eigenvalue weighted by Gasteiger charge is 2.26. The van der Waals surface area contributed by atoms with Crippen LogP contribution in [0.2, 0.25) is 0 Å². The predicted octanol–water partition coefficient (Wildman–Crippen LogP) is 0.873. The van der Waals surface area contributed by atoms with Crippen molar-refractivity contribution >= 4 is 11.5 Å². The Kier molecular flexibility index (Phi) is 4.11. The second kappa shape index (κ2) is 5.79. The molecule has 0 radical (unpaired) electrons. The lowest BCUT2D eigenvalue weighted by Gasteiger charge is -2.22. The Bertz CT molecular complexity index is 470. The zero-order chi connectivity index (χ0) is 13.8. The Morgan fingerprint density at radius 3 is 2.79 bits per heavy atom. The van der Waals surface area contributed by atoms with E-state index in [1.165, 1.54) is 12.8 Å². The van der Waals surface area contributed by atoms with Crippen LogP contribution in [0.3, 0.4) is 0 Å². The summed E-state index contributed by atoms with van der Waals surface area (Å²) in [6.07, 6.45) is 2.42. The van der Waals surface area contributed by atoms with Crippen molar-refractivity contribution in [1.29, 1.82) is 0 Å². The van der Waals surface area contributed by atoms with Crippen molar-refractivity contribution in [3.8, 4) is 5.75 Å². The van der Waals surface area contributed by atoms with E-state index in [4.69, 9.17) is 22.2 Å². The molecule has 1 fully saturated rings. The van der Waals surface area contributed by atoms with Crippen LogP contribution in [-0.2, 0) is 0 Å². The molecule has 6 heteroatoms. The van der Waals surface area contributed by atoms with Gasteiger partial charge in [-0.1, -0.05) is 6.07 Å². The molecule has 0 bridgehead atoms. The number of hydrogen-bond acceptors (Lipinski definition) is 5. The fraction of sp³-hybridized carbons (Fsp3) is 0.462. The number of amidine groups is 1. The maximum atomic E-state index is 6.04. The zero-order valence-electron chi connectivity index (χ0n) is 11.2. The van der Waals surface area contributed by atoms with Gasteiger partial charge < -0.3 is 16.3 Å². The molecular formula is C13H21N5O. The largest absolute Gasteiger partial charge is 0.491 e. The number of para-hydroxylation sites is 1. The number of nitrogens with two attached hydrogens (primary N) is 3. The van der Waals surface area contributed by atoms with Gasteiger partial charge in [-0.2, -0.15) is 5.10 Å². The molecule has 1 aromatic rings. The summed E-state index contributed by atoms with van der Waals surface area (Å²) in [5.41, 5.74) is 7.22. The van der Waals surface area contributed by atoms with Gasteiger partial charge >= 0.3 is 0 Å². The number of hydrazine groups is 1. The number of ether oxygens (including phenoxy) is 1. The van der Waals surface area contributed by atoms with E-state index in [1.54, 1.807) is 11.1 Å². The Labute approximate surface area is 113 Å². The van der Waals surface area contributed by atoms with Crippen molar-refractivity contribution in [3.63, 3.8) is 0 Å². The highest BCUT2D eigenvalue weighted by atomic mass is 16.5. The summed E-state index contributed by atoms with van der Waals surface area (Å²) in [6, 6.07) is 5.48. The smallest absolute Gasteiger partial charge is 0.173 e. The predicted molar refractivity (Wildman–Crippen MR) is 76.4 cm³/mol. The molecular weight excluding hydrogens is 242 g/mol. The van der Waals surface area contributed by atoms with Gasteiger partial charge in [0.05, 0.1) is 17.9 Å². The average molecular weight is 263 g/mol. The van der Waals surface area contributed by atoms with Gasteiger partial charge in [0.2, 0.25) is 0 Å². The van der Waals surface area contributed by atoms with Gasteiger partial charge in [0, 0.05) is 6.54 Å². The summed E-state index contributed by atoms with van der Waals surface area (Å²) < 4.78 is 5.58. The summed E-state index contributed by atoms with van der Waals surface area (Å²) in [6.45, 7) is 3.17. The Balaban J connectivity index is 2.28. The van der Waals surface area contributed by atoms with Crippen LogP contribution < -0.4 is 22.2 Å². The summed E-state index contributed by atoms with van der Waals surface area (Å²) >= 11 is 0. The van der Waals surface area contributed by atoms with Gasteiger partial charge in [0.1, 0.15) is 0 Å². The molecule has 6 N–H and O–H groups in total. The number of benzene rings is 1. The molecule has 1 aliphatic rings. The Morgan fingerprint density at radius 2 is 2.21 bits per heavy atom. The molecule has 6 nitrogen and oxygen atoms in total. The van der Waals surface area contributed by atoms with E-state index >= 15 is 0 Å². The highest BCUT2D eigenvalue weighted by molar-refractivity contribution is 6.02. The lowest BCUT2D eigenvalue weighted by Crippen LogP contribution is -2.40. The van der Waals surface area contributed by atoms with Gasteiger partial charge in [-0.25, -0.2) is 5.84 Å². The lowest BCUT2D eigenvalue weighted by molar-refractivity contribution is 0.339. The minimum absolute atomic E-state index is 0.502. The molecule has 1 aliphatic carbocycles. The Hall–Kier alpha value is -1.95. The van der Waals surface area contributed by atoms with E-state index in [0.29, 0.717) is 29.8 Å². The van der Waals surface area contributed by atoms with Crippen LogP contribution >= 0.6 is 0 Å². The van der Waals surface area contributed by atoms with E-state index in [9.17, 15) is 0 Å². The SMILES string of the molecule is CCOc1c(N)cccc1/C(=N/N)N(N)CC1CC1. The highest BCUT2D eigenvalue weighted by Crippen LogP contribution is 2.31. The van der Waals surface area contributed by atoms with Crippen molar-refractivity contribution in [2.75, 3.05) is 18.9 Å². The second-order valence-corrected chi connectivity index (χ2v) is 4.71. The molecule has 0 aromatic heterocycles. The topological polar surface area (TPSA) is 103 Å². The first-order valence-corrected chi connectivity index (χ1v) is 6.49. The summed E-state index contributed by atoms with van der Waals surface area (Å²) in [4.78, 5) is 0. The van der Waals surface area contributed by atoms with Crippen molar-refractivity contribution in [2.45, 2.75) is 19.8 Å². The lowest BCUT2D eigenvalue weighted by atomic mass is 10.1. The number of hydrazone groups is 1. The minimum atomic E-state index is 0.502. The zero-order valence-corrected chi connectivity index (χ0v) is 11.2. The number of anilines is 1. The van der Waals surface area contributed by atoms with Crippen LogP contribution in [0.15, 0.2) is 23.3 Å². The maximum absolute atomic E-state index is 6.04. The number of nitrogens with zero attached hydrogens (tertiary/aromatic N) is 2. The minimum Gasteiger partial charge on any atom is -0.491 e. The normalized spacial score (nSPS) is 15.4. The van der Waals surface area contributed by atoms with Gasteiger partial charge in [-0.15, -0.1) is 0 Å². The monoisotopic (exact) mass is 263 g/mol. The van der Waals surface area contributed by atoms with E-state index in [2.05, 4.69) is 5.10 Å². The van der Waals surface area contributed by atoms with Crippen LogP contribution in [0.25, 0.3) is 0 Å². The van der Waals surface area contributed by atoms with Gasteiger partial charge in [0.25, 0.3) is 0 Å². The first-order chi connectivity index (χ1) is 9.17. The summed E-state index contributed by atoms with van der Waals surface area (Å²) in [7, 11) is 0. The fourth-order valence-electron chi connectivity index (χ4n) is 2.00. The first-order valence-electron chi connectivity index (χ1n) is 6.49. The molecule has 1 saturated carbocycles. The molecule has 1 aromatic carbocycles. The molecule has 0 spiro atoms. The molecule has 0 saturated heterocycles. The number of rotatable bonds is 5. The molecule has 0 atom stereocenters. The quantitative estimate of drug-likeness (QED) is 0.240. The Morgan fingerprint density at radius 1 is 1.47 bits per heavy atom. The van der Waals surface area contributed by atoms with E-state index in [0.717, 1.165) is 12.1 Å². The van der Waals surface area contributed by atoms with Gasteiger partial charge in [0.15, 0.2) is 11.6 Å². The van der Waals surface area contributed by atoms with Crippen LogP contribution in [0.5, 0.6) is 5.75 Å². The second-order valence-electron chi connectivity index (χ2n) is 4.71. The molecule has 19 heavy (non-hydrogen) atoms. The molecule has 0 unspecified atom stereocenters. The third-order valence-electron chi connectivity index (χ3n) is 3.12. The van der Waals surface area contributed by atoms with Crippen molar-refractivity contribution in [3.05, 3.63) is 23.8 Å². The van der Waals surface area contributed by atoms with Crippen LogP contribution in [-0.4, -0.2) is 24.0 Å². The number of hydrogen-bond donors (Lipinski definition) is 3. The maximum Gasteiger partial charge on any atom is 0.173 e. The van der Waals surface area contributed by atoms with Crippen LogP contribution in [0, 0.1) is 5.92 Å². The average Bonchev–Trinajstić information content (AvgIpc) is 3.18. The van der Waals surface area contributed by atoms with Gasteiger partial charge in [-0.3, -0.25) is 5.01 Å². The van der Waals surface area contributed by atoms with Crippen molar-refractivity contribution in [2.24, 2.45) is 22.7 Å². The third kappa shape index (κ3) is 3.08. The molecule has 0 aliphatic heterocycles. The standard InChI is InChI=1S/C13H21N5O/c1-2-19-12-10(4-3-5-11(12)14)13(17-15)18(16)8-9-6-7-9/h3-5,9H,2,6-8,14-16H2,1H3/b17-13-. The molecule has 104 valence electrons. The molecule has 0 heterocycles.